The second-order valence-electron chi connectivity index (χ2n) is 6.76. The van der Waals surface area contributed by atoms with Crippen LogP contribution in [0.4, 0.5) is 5.82 Å². The molecular formula is C18H31N5. The minimum atomic E-state index is 0.465. The minimum Gasteiger partial charge on any atom is -0.363 e. The molecule has 5 nitrogen and oxygen atoms in total. The van der Waals surface area contributed by atoms with E-state index in [2.05, 4.69) is 33.6 Å². The maximum absolute atomic E-state index is 4.36. The van der Waals surface area contributed by atoms with Gasteiger partial charge in [0.15, 0.2) is 5.96 Å². The Morgan fingerprint density at radius 1 is 1.30 bits per heavy atom. The van der Waals surface area contributed by atoms with Gasteiger partial charge in [0.25, 0.3) is 0 Å². The molecule has 0 aromatic carbocycles. The molecule has 0 spiro atoms. The van der Waals surface area contributed by atoms with E-state index in [9.17, 15) is 0 Å². The van der Waals surface area contributed by atoms with Crippen molar-refractivity contribution < 1.29 is 0 Å². The number of rotatable bonds is 6. The lowest BCUT2D eigenvalue weighted by Gasteiger charge is -2.28. The molecule has 1 aromatic rings. The number of nitrogens with zero attached hydrogens (tertiary/aromatic N) is 3. The Bertz CT molecular complexity index is 518. The third kappa shape index (κ3) is 4.85. The standard InChI is InChI=1S/C18H31N5/c1-5-18(9-6-7-10-18)14-22-17(19-2)21-13-15-8-11-20-16(12-15)23(3)4/h8,11-12H,5-7,9-10,13-14H2,1-4H3,(H2,19,21,22). The summed E-state index contributed by atoms with van der Waals surface area (Å²) in [5.41, 5.74) is 1.67. The van der Waals surface area contributed by atoms with Crippen LogP contribution in [0.2, 0.25) is 0 Å². The van der Waals surface area contributed by atoms with Gasteiger partial charge in [-0.05, 0) is 42.4 Å². The van der Waals surface area contributed by atoms with Crippen LogP contribution in [0.15, 0.2) is 23.3 Å². The van der Waals surface area contributed by atoms with Gasteiger partial charge in [-0.3, -0.25) is 4.99 Å². The highest BCUT2D eigenvalue weighted by molar-refractivity contribution is 5.79. The third-order valence-corrected chi connectivity index (χ3v) is 5.00. The van der Waals surface area contributed by atoms with Crippen molar-refractivity contribution in [1.29, 1.82) is 0 Å². The highest BCUT2D eigenvalue weighted by Gasteiger charge is 2.31. The zero-order valence-electron chi connectivity index (χ0n) is 15.0. The number of nitrogens with one attached hydrogen (secondary N) is 2. The molecule has 1 aromatic heterocycles. The van der Waals surface area contributed by atoms with Crippen molar-refractivity contribution in [1.82, 2.24) is 15.6 Å². The minimum absolute atomic E-state index is 0.465. The topological polar surface area (TPSA) is 52.6 Å². The van der Waals surface area contributed by atoms with E-state index in [0.29, 0.717) is 5.41 Å². The number of guanidine groups is 1. The van der Waals surface area contributed by atoms with E-state index in [0.717, 1.165) is 24.9 Å². The quantitative estimate of drug-likeness (QED) is 0.626. The average Bonchev–Trinajstić information content (AvgIpc) is 3.05. The third-order valence-electron chi connectivity index (χ3n) is 5.00. The van der Waals surface area contributed by atoms with Gasteiger partial charge in [-0.2, -0.15) is 0 Å². The highest BCUT2D eigenvalue weighted by Crippen LogP contribution is 2.40. The summed E-state index contributed by atoms with van der Waals surface area (Å²) < 4.78 is 0. The van der Waals surface area contributed by atoms with Gasteiger partial charge in [-0.15, -0.1) is 0 Å². The molecule has 0 atom stereocenters. The van der Waals surface area contributed by atoms with Crippen LogP contribution >= 0.6 is 0 Å². The summed E-state index contributed by atoms with van der Waals surface area (Å²) in [5, 5.41) is 6.93. The number of aromatic nitrogens is 1. The van der Waals surface area contributed by atoms with E-state index >= 15 is 0 Å². The molecule has 128 valence electrons. The zero-order chi connectivity index (χ0) is 16.7. The molecular weight excluding hydrogens is 286 g/mol. The Morgan fingerprint density at radius 2 is 2.04 bits per heavy atom. The molecule has 0 amide bonds. The molecule has 1 heterocycles. The SMILES string of the molecule is CCC1(CNC(=NC)NCc2ccnc(N(C)C)c2)CCCC1. The van der Waals surface area contributed by atoms with Gasteiger partial charge >= 0.3 is 0 Å². The first-order valence-electron chi connectivity index (χ1n) is 8.65. The fraction of sp³-hybridized carbons (Fsp3) is 0.667. The normalized spacial score (nSPS) is 17.1. The van der Waals surface area contributed by atoms with Crippen LogP contribution < -0.4 is 15.5 Å². The molecule has 0 unspecified atom stereocenters. The molecule has 5 heteroatoms. The lowest BCUT2D eigenvalue weighted by molar-refractivity contribution is 0.283. The van der Waals surface area contributed by atoms with E-state index in [4.69, 9.17) is 0 Å². The summed E-state index contributed by atoms with van der Waals surface area (Å²) in [6.07, 6.45) is 8.51. The fourth-order valence-electron chi connectivity index (χ4n) is 3.27. The number of pyridine rings is 1. The molecule has 0 bridgehead atoms. The van der Waals surface area contributed by atoms with Gasteiger partial charge in [0.1, 0.15) is 5.82 Å². The number of aliphatic imine (C=N–C) groups is 1. The molecule has 2 N–H and O–H groups in total. The molecule has 1 saturated carbocycles. The summed E-state index contributed by atoms with van der Waals surface area (Å²) in [6, 6.07) is 4.14. The van der Waals surface area contributed by atoms with Crippen LogP contribution in [-0.4, -0.2) is 38.6 Å². The van der Waals surface area contributed by atoms with Crippen LogP contribution in [0.5, 0.6) is 0 Å². The number of hydrogen-bond acceptors (Lipinski definition) is 3. The Morgan fingerprint density at radius 3 is 2.65 bits per heavy atom. The van der Waals surface area contributed by atoms with E-state index in [1.165, 1.54) is 37.7 Å². The monoisotopic (exact) mass is 317 g/mol. The maximum Gasteiger partial charge on any atom is 0.191 e. The van der Waals surface area contributed by atoms with Crippen LogP contribution in [0.3, 0.4) is 0 Å². The zero-order valence-corrected chi connectivity index (χ0v) is 15.0. The summed E-state index contributed by atoms with van der Waals surface area (Å²) >= 11 is 0. The van der Waals surface area contributed by atoms with Crippen LogP contribution in [0.1, 0.15) is 44.6 Å². The fourth-order valence-corrected chi connectivity index (χ4v) is 3.27. The predicted octanol–water partition coefficient (Wildman–Crippen LogP) is 2.78. The number of anilines is 1. The van der Waals surface area contributed by atoms with Crippen LogP contribution in [0, 0.1) is 5.41 Å². The smallest absolute Gasteiger partial charge is 0.191 e. The molecule has 23 heavy (non-hydrogen) atoms. The first-order chi connectivity index (χ1) is 11.1. The van der Waals surface area contributed by atoms with Crippen molar-refractivity contribution in [2.45, 2.75) is 45.6 Å². The predicted molar refractivity (Wildman–Crippen MR) is 98.0 cm³/mol. The van der Waals surface area contributed by atoms with Crippen molar-refractivity contribution in [3.05, 3.63) is 23.9 Å². The average molecular weight is 317 g/mol. The van der Waals surface area contributed by atoms with Crippen molar-refractivity contribution in [2.75, 3.05) is 32.6 Å². The molecule has 1 fully saturated rings. The van der Waals surface area contributed by atoms with E-state index in [-0.39, 0.29) is 0 Å². The second kappa shape index (κ2) is 8.18. The Hall–Kier alpha value is -1.78. The Balaban J connectivity index is 1.87. The van der Waals surface area contributed by atoms with E-state index < -0.39 is 0 Å². The lowest BCUT2D eigenvalue weighted by Crippen LogP contribution is -2.42. The molecule has 0 radical (unpaired) electrons. The number of hydrogen-bond donors (Lipinski definition) is 2. The van der Waals surface area contributed by atoms with E-state index in [1.807, 2.05) is 38.3 Å². The Kier molecular flexibility index (Phi) is 6.25. The first kappa shape index (κ1) is 17.6. The van der Waals surface area contributed by atoms with Crippen LogP contribution in [0.25, 0.3) is 0 Å². The molecule has 0 aliphatic heterocycles. The molecule has 1 aliphatic rings. The summed E-state index contributed by atoms with van der Waals surface area (Å²) in [7, 11) is 5.85. The summed E-state index contributed by atoms with van der Waals surface area (Å²) in [4.78, 5) is 10.7. The Labute approximate surface area is 140 Å². The van der Waals surface area contributed by atoms with Crippen molar-refractivity contribution >= 4 is 11.8 Å². The van der Waals surface area contributed by atoms with E-state index in [1.54, 1.807) is 0 Å². The maximum atomic E-state index is 4.36. The first-order valence-corrected chi connectivity index (χ1v) is 8.65. The van der Waals surface area contributed by atoms with Gasteiger partial charge in [-0.1, -0.05) is 19.8 Å². The molecule has 2 rings (SSSR count). The summed E-state index contributed by atoms with van der Waals surface area (Å²) in [6.45, 7) is 4.08. The van der Waals surface area contributed by atoms with Gasteiger partial charge in [0.2, 0.25) is 0 Å². The van der Waals surface area contributed by atoms with Gasteiger partial charge < -0.3 is 15.5 Å². The van der Waals surface area contributed by atoms with Gasteiger partial charge in [-0.25, -0.2) is 4.98 Å². The largest absolute Gasteiger partial charge is 0.363 e. The molecule has 0 saturated heterocycles. The van der Waals surface area contributed by atoms with Crippen molar-refractivity contribution in [3.8, 4) is 0 Å². The van der Waals surface area contributed by atoms with Gasteiger partial charge in [0, 0.05) is 40.4 Å². The molecule has 1 aliphatic carbocycles. The van der Waals surface area contributed by atoms with Gasteiger partial charge in [0.05, 0.1) is 0 Å². The van der Waals surface area contributed by atoms with Crippen molar-refractivity contribution in [3.63, 3.8) is 0 Å². The van der Waals surface area contributed by atoms with Crippen molar-refractivity contribution in [2.24, 2.45) is 10.4 Å². The lowest BCUT2D eigenvalue weighted by atomic mass is 9.83. The summed E-state index contributed by atoms with van der Waals surface area (Å²) in [5.74, 6) is 1.86. The highest BCUT2D eigenvalue weighted by atomic mass is 15.2. The second-order valence-corrected chi connectivity index (χ2v) is 6.76. The van der Waals surface area contributed by atoms with Crippen LogP contribution in [-0.2, 0) is 6.54 Å².